The molecule has 0 aliphatic heterocycles. The maximum atomic E-state index is 12.9. The zero-order chi connectivity index (χ0) is 15.2. The van der Waals surface area contributed by atoms with E-state index in [1.54, 1.807) is 36.4 Å². The molecule has 2 rings (SSSR count). The van der Waals surface area contributed by atoms with Gasteiger partial charge in [-0.2, -0.15) is 0 Å². The van der Waals surface area contributed by atoms with E-state index in [1.165, 1.54) is 14.2 Å². The Balaban J connectivity index is 2.55. The molecule has 2 aromatic carbocycles. The van der Waals surface area contributed by atoms with Crippen LogP contribution in [0, 0.1) is 0 Å². The van der Waals surface area contributed by atoms with Gasteiger partial charge in [0.25, 0.3) is 0 Å². The summed E-state index contributed by atoms with van der Waals surface area (Å²) in [4.78, 5) is 12.9. The average molecular weight is 286 g/mol. The Kier molecular flexibility index (Phi) is 4.82. The highest BCUT2D eigenvalue weighted by Crippen LogP contribution is 2.32. The van der Waals surface area contributed by atoms with Gasteiger partial charge in [-0.05, 0) is 31.2 Å². The SMILES string of the molecule is CCOc1ccccc1C(=O)c1c(OC)cccc1OC. The Bertz CT molecular complexity index is 612. The van der Waals surface area contributed by atoms with Crippen molar-refractivity contribution in [3.8, 4) is 17.2 Å². The predicted molar refractivity (Wildman–Crippen MR) is 80.6 cm³/mol. The maximum Gasteiger partial charge on any atom is 0.204 e. The van der Waals surface area contributed by atoms with E-state index in [9.17, 15) is 4.79 Å². The normalized spacial score (nSPS) is 10.0. The van der Waals surface area contributed by atoms with Gasteiger partial charge in [0.2, 0.25) is 5.78 Å². The molecule has 110 valence electrons. The number of rotatable bonds is 6. The lowest BCUT2D eigenvalue weighted by Crippen LogP contribution is -2.08. The molecule has 0 aliphatic carbocycles. The number of hydrogen-bond acceptors (Lipinski definition) is 4. The van der Waals surface area contributed by atoms with E-state index in [2.05, 4.69) is 0 Å². The van der Waals surface area contributed by atoms with E-state index < -0.39 is 0 Å². The van der Waals surface area contributed by atoms with Crippen LogP contribution in [0.1, 0.15) is 22.8 Å². The Labute approximate surface area is 124 Å². The molecular weight excluding hydrogens is 268 g/mol. The van der Waals surface area contributed by atoms with Crippen molar-refractivity contribution < 1.29 is 19.0 Å². The van der Waals surface area contributed by atoms with Crippen LogP contribution < -0.4 is 14.2 Å². The molecule has 0 N–H and O–H groups in total. The fourth-order valence-electron chi connectivity index (χ4n) is 2.15. The number of methoxy groups -OCH3 is 2. The van der Waals surface area contributed by atoms with Crippen LogP contribution in [0.25, 0.3) is 0 Å². The molecule has 0 bridgehead atoms. The van der Waals surface area contributed by atoms with Crippen molar-refractivity contribution in [1.82, 2.24) is 0 Å². The van der Waals surface area contributed by atoms with E-state index in [-0.39, 0.29) is 5.78 Å². The van der Waals surface area contributed by atoms with E-state index in [4.69, 9.17) is 14.2 Å². The number of hydrogen-bond donors (Lipinski definition) is 0. The van der Waals surface area contributed by atoms with Crippen LogP contribution in [0.4, 0.5) is 0 Å². The summed E-state index contributed by atoms with van der Waals surface area (Å²) in [5.41, 5.74) is 0.886. The smallest absolute Gasteiger partial charge is 0.204 e. The monoisotopic (exact) mass is 286 g/mol. The number of para-hydroxylation sites is 1. The van der Waals surface area contributed by atoms with Gasteiger partial charge in [-0.25, -0.2) is 0 Å². The lowest BCUT2D eigenvalue weighted by atomic mass is 10.0. The molecule has 0 amide bonds. The Hall–Kier alpha value is -2.49. The molecule has 0 unspecified atom stereocenters. The van der Waals surface area contributed by atoms with Crippen LogP contribution in [0.3, 0.4) is 0 Å². The molecule has 0 aliphatic rings. The van der Waals surface area contributed by atoms with E-state index >= 15 is 0 Å². The second-order valence-corrected chi connectivity index (χ2v) is 4.30. The highest BCUT2D eigenvalue weighted by atomic mass is 16.5. The van der Waals surface area contributed by atoms with Gasteiger partial charge in [-0.15, -0.1) is 0 Å². The molecule has 0 spiro atoms. The number of benzene rings is 2. The minimum Gasteiger partial charge on any atom is -0.496 e. The Morgan fingerprint density at radius 1 is 0.905 bits per heavy atom. The first-order valence-electron chi connectivity index (χ1n) is 6.70. The van der Waals surface area contributed by atoms with Gasteiger partial charge in [0.15, 0.2) is 0 Å². The van der Waals surface area contributed by atoms with Crippen LogP contribution in [-0.2, 0) is 0 Å². The molecule has 0 saturated carbocycles. The van der Waals surface area contributed by atoms with Gasteiger partial charge in [0, 0.05) is 0 Å². The van der Waals surface area contributed by atoms with Gasteiger partial charge in [0.1, 0.15) is 22.8 Å². The summed E-state index contributed by atoms with van der Waals surface area (Å²) in [5, 5.41) is 0. The summed E-state index contributed by atoms with van der Waals surface area (Å²) in [6.07, 6.45) is 0. The van der Waals surface area contributed by atoms with Crippen LogP contribution in [0.15, 0.2) is 42.5 Å². The number of ether oxygens (including phenoxy) is 3. The third-order valence-electron chi connectivity index (χ3n) is 3.09. The highest BCUT2D eigenvalue weighted by Gasteiger charge is 2.22. The van der Waals surface area contributed by atoms with Crippen molar-refractivity contribution in [3.05, 3.63) is 53.6 Å². The quantitative estimate of drug-likeness (QED) is 0.764. The van der Waals surface area contributed by atoms with Gasteiger partial charge in [-0.3, -0.25) is 4.79 Å². The van der Waals surface area contributed by atoms with Gasteiger partial charge >= 0.3 is 0 Å². The molecule has 2 aromatic rings. The topological polar surface area (TPSA) is 44.8 Å². The summed E-state index contributed by atoms with van der Waals surface area (Å²) in [7, 11) is 3.06. The minimum absolute atomic E-state index is 0.187. The summed E-state index contributed by atoms with van der Waals surface area (Å²) in [6.45, 7) is 2.37. The third kappa shape index (κ3) is 2.99. The molecule has 0 aromatic heterocycles. The van der Waals surface area contributed by atoms with E-state index in [0.29, 0.717) is 35.0 Å². The highest BCUT2D eigenvalue weighted by molar-refractivity contribution is 6.14. The fourth-order valence-corrected chi connectivity index (χ4v) is 2.15. The van der Waals surface area contributed by atoms with Crippen molar-refractivity contribution in [1.29, 1.82) is 0 Å². The summed E-state index contributed by atoms with van der Waals surface area (Å²) in [5.74, 6) is 1.32. The average Bonchev–Trinajstić information content (AvgIpc) is 2.54. The molecule has 0 radical (unpaired) electrons. The van der Waals surface area contributed by atoms with Crippen molar-refractivity contribution >= 4 is 5.78 Å². The molecule has 0 fully saturated rings. The lowest BCUT2D eigenvalue weighted by Gasteiger charge is -2.14. The van der Waals surface area contributed by atoms with Crippen LogP contribution in [0.2, 0.25) is 0 Å². The van der Waals surface area contributed by atoms with Crippen molar-refractivity contribution in [3.63, 3.8) is 0 Å². The van der Waals surface area contributed by atoms with Crippen LogP contribution in [0.5, 0.6) is 17.2 Å². The lowest BCUT2D eigenvalue weighted by molar-refractivity contribution is 0.102. The summed E-state index contributed by atoms with van der Waals surface area (Å²) in [6, 6.07) is 12.4. The zero-order valence-corrected chi connectivity index (χ0v) is 12.4. The molecule has 21 heavy (non-hydrogen) atoms. The maximum absolute atomic E-state index is 12.9. The Morgan fingerprint density at radius 2 is 1.48 bits per heavy atom. The number of carbonyl (C=O) groups is 1. The second kappa shape index (κ2) is 6.79. The number of ketones is 1. The summed E-state index contributed by atoms with van der Waals surface area (Å²) >= 11 is 0. The first-order valence-corrected chi connectivity index (χ1v) is 6.70. The fraction of sp³-hybridized carbons (Fsp3) is 0.235. The predicted octanol–water partition coefficient (Wildman–Crippen LogP) is 3.33. The Morgan fingerprint density at radius 3 is 2.05 bits per heavy atom. The van der Waals surface area contributed by atoms with Crippen molar-refractivity contribution in [2.75, 3.05) is 20.8 Å². The van der Waals surface area contributed by atoms with Crippen molar-refractivity contribution in [2.45, 2.75) is 6.92 Å². The van der Waals surface area contributed by atoms with Crippen LogP contribution in [-0.4, -0.2) is 26.6 Å². The van der Waals surface area contributed by atoms with Crippen LogP contribution >= 0.6 is 0 Å². The van der Waals surface area contributed by atoms with Gasteiger partial charge in [0.05, 0.1) is 26.4 Å². The first-order chi connectivity index (χ1) is 10.2. The molecular formula is C17H18O4. The van der Waals surface area contributed by atoms with E-state index in [1.807, 2.05) is 13.0 Å². The van der Waals surface area contributed by atoms with Gasteiger partial charge < -0.3 is 14.2 Å². The molecule has 4 nitrogen and oxygen atoms in total. The third-order valence-corrected chi connectivity index (χ3v) is 3.09. The largest absolute Gasteiger partial charge is 0.496 e. The standard InChI is InChI=1S/C17H18O4/c1-4-21-13-9-6-5-8-12(13)17(18)16-14(19-2)10-7-11-15(16)20-3/h5-11H,4H2,1-3H3. The molecule has 0 heterocycles. The molecule has 4 heteroatoms. The first kappa shape index (κ1) is 14.9. The molecule has 0 saturated heterocycles. The molecule has 0 atom stereocenters. The van der Waals surface area contributed by atoms with Crippen molar-refractivity contribution in [2.24, 2.45) is 0 Å². The number of carbonyl (C=O) groups excluding carboxylic acids is 1. The summed E-state index contributed by atoms with van der Waals surface area (Å²) < 4.78 is 16.1. The minimum atomic E-state index is -0.187. The van der Waals surface area contributed by atoms with E-state index in [0.717, 1.165) is 0 Å². The van der Waals surface area contributed by atoms with Gasteiger partial charge in [-0.1, -0.05) is 18.2 Å². The second-order valence-electron chi connectivity index (χ2n) is 4.30. The zero-order valence-electron chi connectivity index (χ0n) is 12.4.